The Kier molecular flexibility index (Phi) is 6.75. The molecule has 0 amide bonds. The molecule has 0 aliphatic carbocycles. The highest BCUT2D eigenvalue weighted by Gasteiger charge is 2.23. The molecule has 0 aromatic heterocycles. The van der Waals surface area contributed by atoms with E-state index < -0.39 is 0 Å². The van der Waals surface area contributed by atoms with Gasteiger partial charge in [-0.2, -0.15) is 0 Å². The predicted octanol–water partition coefficient (Wildman–Crippen LogP) is 1.41. The second-order valence-corrected chi connectivity index (χ2v) is 3.77. The van der Waals surface area contributed by atoms with E-state index in [4.69, 9.17) is 5.73 Å². The predicted molar refractivity (Wildman–Crippen MR) is 60.3 cm³/mol. The third-order valence-corrected chi connectivity index (χ3v) is 2.57. The minimum absolute atomic E-state index is 0.0231. The van der Waals surface area contributed by atoms with Gasteiger partial charge in [0.15, 0.2) is 0 Å². The monoisotopic (exact) mass is 200 g/mol. The molecule has 2 atom stereocenters. The van der Waals surface area contributed by atoms with Gasteiger partial charge in [0.25, 0.3) is 0 Å². The number of carbonyl (C=O) groups excluding carboxylic acids is 1. The lowest BCUT2D eigenvalue weighted by atomic mass is 10.0. The van der Waals surface area contributed by atoms with Crippen LogP contribution in [-0.4, -0.2) is 35.9 Å². The molecule has 0 bridgehead atoms. The van der Waals surface area contributed by atoms with E-state index in [0.29, 0.717) is 12.2 Å². The van der Waals surface area contributed by atoms with Crippen molar-refractivity contribution in [3.63, 3.8) is 0 Å². The SMILES string of the molecule is CCC(=O)[C@@H](CC(C)N)N(CC)CC. The molecule has 0 spiro atoms. The van der Waals surface area contributed by atoms with E-state index in [9.17, 15) is 4.79 Å². The Morgan fingerprint density at radius 1 is 1.29 bits per heavy atom. The lowest BCUT2D eigenvalue weighted by Crippen LogP contribution is -2.43. The lowest BCUT2D eigenvalue weighted by molar-refractivity contribution is -0.124. The lowest BCUT2D eigenvalue weighted by Gasteiger charge is -2.29. The average Bonchev–Trinajstić information content (AvgIpc) is 2.16. The molecule has 0 saturated carbocycles. The molecule has 3 heteroatoms. The van der Waals surface area contributed by atoms with E-state index in [1.807, 2.05) is 13.8 Å². The van der Waals surface area contributed by atoms with Crippen LogP contribution in [0.4, 0.5) is 0 Å². The zero-order chi connectivity index (χ0) is 11.1. The van der Waals surface area contributed by atoms with Crippen LogP contribution in [0.3, 0.4) is 0 Å². The quantitative estimate of drug-likeness (QED) is 0.676. The molecular weight excluding hydrogens is 176 g/mol. The molecule has 2 N–H and O–H groups in total. The van der Waals surface area contributed by atoms with Crippen molar-refractivity contribution in [2.24, 2.45) is 5.73 Å². The summed E-state index contributed by atoms with van der Waals surface area (Å²) < 4.78 is 0. The van der Waals surface area contributed by atoms with Gasteiger partial charge in [0.2, 0.25) is 0 Å². The summed E-state index contributed by atoms with van der Waals surface area (Å²) >= 11 is 0. The average molecular weight is 200 g/mol. The summed E-state index contributed by atoms with van der Waals surface area (Å²) in [4.78, 5) is 13.9. The Bertz CT molecular complexity index is 165. The van der Waals surface area contributed by atoms with E-state index >= 15 is 0 Å². The third kappa shape index (κ3) is 4.20. The van der Waals surface area contributed by atoms with Crippen molar-refractivity contribution in [3.8, 4) is 0 Å². The molecular formula is C11H24N2O. The van der Waals surface area contributed by atoms with Gasteiger partial charge in [0.1, 0.15) is 5.78 Å². The van der Waals surface area contributed by atoms with Gasteiger partial charge in [0, 0.05) is 12.5 Å². The number of hydrogen-bond donors (Lipinski definition) is 1. The number of nitrogens with zero attached hydrogens (tertiary/aromatic N) is 1. The molecule has 0 aromatic rings. The summed E-state index contributed by atoms with van der Waals surface area (Å²) in [5.41, 5.74) is 5.75. The van der Waals surface area contributed by atoms with Crippen LogP contribution in [0, 0.1) is 0 Å². The Labute approximate surface area is 87.6 Å². The van der Waals surface area contributed by atoms with Gasteiger partial charge in [-0.15, -0.1) is 0 Å². The second-order valence-electron chi connectivity index (χ2n) is 3.77. The molecule has 14 heavy (non-hydrogen) atoms. The Hall–Kier alpha value is -0.410. The van der Waals surface area contributed by atoms with Crippen molar-refractivity contribution in [2.45, 2.75) is 52.6 Å². The van der Waals surface area contributed by atoms with Crippen LogP contribution < -0.4 is 5.73 Å². The fourth-order valence-electron chi connectivity index (χ4n) is 1.74. The number of hydrogen-bond acceptors (Lipinski definition) is 3. The van der Waals surface area contributed by atoms with E-state index in [1.54, 1.807) is 0 Å². The molecule has 0 saturated heterocycles. The van der Waals surface area contributed by atoms with Crippen molar-refractivity contribution in [1.82, 2.24) is 4.90 Å². The van der Waals surface area contributed by atoms with Crippen LogP contribution in [0.5, 0.6) is 0 Å². The summed E-state index contributed by atoms with van der Waals surface area (Å²) in [6.07, 6.45) is 1.38. The van der Waals surface area contributed by atoms with E-state index in [-0.39, 0.29) is 12.1 Å². The highest BCUT2D eigenvalue weighted by Crippen LogP contribution is 2.09. The van der Waals surface area contributed by atoms with Crippen LogP contribution in [0.15, 0.2) is 0 Å². The first-order valence-corrected chi connectivity index (χ1v) is 5.59. The maximum atomic E-state index is 11.7. The first kappa shape index (κ1) is 13.6. The van der Waals surface area contributed by atoms with Gasteiger partial charge in [0.05, 0.1) is 6.04 Å². The van der Waals surface area contributed by atoms with Crippen LogP contribution in [0.25, 0.3) is 0 Å². The number of ketones is 1. The molecule has 3 nitrogen and oxygen atoms in total. The van der Waals surface area contributed by atoms with Crippen molar-refractivity contribution in [2.75, 3.05) is 13.1 Å². The number of likely N-dealkylation sites (N-methyl/N-ethyl adjacent to an activating group) is 1. The smallest absolute Gasteiger partial charge is 0.149 e. The molecule has 84 valence electrons. The molecule has 0 aromatic carbocycles. The minimum atomic E-state index is 0.0231. The zero-order valence-electron chi connectivity index (χ0n) is 9.92. The standard InChI is InChI=1S/C11H24N2O/c1-5-11(14)10(8-9(4)12)13(6-2)7-3/h9-10H,5-8,12H2,1-4H3/t9?,10-/m1/s1. The Balaban J connectivity index is 4.43. The molecule has 0 heterocycles. The highest BCUT2D eigenvalue weighted by molar-refractivity contribution is 5.83. The van der Waals surface area contributed by atoms with Gasteiger partial charge < -0.3 is 5.73 Å². The third-order valence-electron chi connectivity index (χ3n) is 2.57. The summed E-state index contributed by atoms with van der Waals surface area (Å²) in [5, 5.41) is 0. The Morgan fingerprint density at radius 2 is 1.79 bits per heavy atom. The highest BCUT2D eigenvalue weighted by atomic mass is 16.1. The second kappa shape index (κ2) is 6.96. The fraction of sp³-hybridized carbons (Fsp3) is 0.909. The van der Waals surface area contributed by atoms with Crippen molar-refractivity contribution in [3.05, 3.63) is 0 Å². The normalized spacial score (nSPS) is 15.6. The maximum absolute atomic E-state index is 11.7. The summed E-state index contributed by atoms with van der Waals surface area (Å²) in [6.45, 7) is 9.87. The van der Waals surface area contributed by atoms with Crippen LogP contribution >= 0.6 is 0 Å². The largest absolute Gasteiger partial charge is 0.328 e. The number of rotatable bonds is 7. The van der Waals surface area contributed by atoms with Gasteiger partial charge in [-0.1, -0.05) is 20.8 Å². The summed E-state index contributed by atoms with van der Waals surface area (Å²) in [7, 11) is 0. The van der Waals surface area contributed by atoms with Gasteiger partial charge in [-0.3, -0.25) is 9.69 Å². The number of Topliss-reactive ketones (excluding diaryl/α,β-unsaturated/α-hetero) is 1. The van der Waals surface area contributed by atoms with E-state index in [1.165, 1.54) is 0 Å². The van der Waals surface area contributed by atoms with Gasteiger partial charge in [-0.05, 0) is 26.4 Å². The first-order valence-electron chi connectivity index (χ1n) is 5.59. The fourth-order valence-corrected chi connectivity index (χ4v) is 1.74. The number of carbonyl (C=O) groups is 1. The summed E-state index contributed by atoms with van der Waals surface area (Å²) in [5.74, 6) is 0.311. The topological polar surface area (TPSA) is 46.3 Å². The van der Waals surface area contributed by atoms with Crippen molar-refractivity contribution < 1.29 is 4.79 Å². The molecule has 0 aliphatic rings. The zero-order valence-corrected chi connectivity index (χ0v) is 9.92. The van der Waals surface area contributed by atoms with Crippen LogP contribution in [0.2, 0.25) is 0 Å². The van der Waals surface area contributed by atoms with Crippen molar-refractivity contribution >= 4 is 5.78 Å². The van der Waals surface area contributed by atoms with Crippen LogP contribution in [-0.2, 0) is 4.79 Å². The van der Waals surface area contributed by atoms with Gasteiger partial charge in [-0.25, -0.2) is 0 Å². The van der Waals surface area contributed by atoms with Crippen molar-refractivity contribution in [1.29, 1.82) is 0 Å². The molecule has 0 rings (SSSR count). The van der Waals surface area contributed by atoms with E-state index in [0.717, 1.165) is 19.5 Å². The minimum Gasteiger partial charge on any atom is -0.328 e. The van der Waals surface area contributed by atoms with Gasteiger partial charge >= 0.3 is 0 Å². The molecule has 0 radical (unpaired) electrons. The molecule has 1 unspecified atom stereocenters. The Morgan fingerprint density at radius 3 is 2.07 bits per heavy atom. The summed E-state index contributed by atoms with van der Waals surface area (Å²) in [6, 6.07) is 0.117. The number of nitrogens with two attached hydrogens (primary N) is 1. The van der Waals surface area contributed by atoms with E-state index in [2.05, 4.69) is 18.7 Å². The maximum Gasteiger partial charge on any atom is 0.149 e. The first-order chi connectivity index (χ1) is 6.56. The van der Waals surface area contributed by atoms with Crippen LogP contribution in [0.1, 0.15) is 40.5 Å². The molecule has 0 aliphatic heterocycles. The molecule has 0 fully saturated rings.